The number of hydrogen-bond donors (Lipinski definition) is 1. The maximum atomic E-state index is 4.82. The largest absolute Gasteiger partial charge is 0.356 e. The van der Waals surface area contributed by atoms with Crippen LogP contribution in [-0.2, 0) is 6.42 Å². The van der Waals surface area contributed by atoms with Crippen LogP contribution in [0, 0.1) is 27.7 Å². The molecule has 0 amide bonds. The minimum absolute atomic E-state index is 0.708. The van der Waals surface area contributed by atoms with Crippen LogP contribution in [0.3, 0.4) is 0 Å². The molecular weight excluding hydrogens is 284 g/mol. The van der Waals surface area contributed by atoms with Crippen molar-refractivity contribution in [1.29, 1.82) is 0 Å². The molecule has 0 atom stereocenters. The Morgan fingerprint density at radius 3 is 2.43 bits per heavy atom. The van der Waals surface area contributed by atoms with Crippen molar-refractivity contribution in [3.8, 4) is 0 Å². The molecule has 0 unspecified atom stereocenters. The summed E-state index contributed by atoms with van der Waals surface area (Å²) in [5.74, 6) is 1.82. The Bertz CT molecular complexity index is 713. The Balaban J connectivity index is 1.96. The predicted octanol–water partition coefficient (Wildman–Crippen LogP) is 4.23. The van der Waals surface area contributed by atoms with Gasteiger partial charge < -0.3 is 10.2 Å². The standard InChI is InChI=1S/C19H26N4/c1-6-8-23-9-7-16-15(5)20-19(22-18(16)23)21-17-13(3)10-12(2)11-14(17)4/h10-11H,6-9H2,1-5H3,(H,20,21,22). The predicted molar refractivity (Wildman–Crippen MR) is 96.9 cm³/mol. The third-order valence-corrected chi connectivity index (χ3v) is 4.53. The SMILES string of the molecule is CCCN1CCc2c(C)nc(Nc3c(C)cc(C)cc3C)nc21. The molecule has 0 bridgehead atoms. The summed E-state index contributed by atoms with van der Waals surface area (Å²) in [6, 6.07) is 4.39. The van der Waals surface area contributed by atoms with Crippen molar-refractivity contribution >= 4 is 17.5 Å². The number of hydrogen-bond acceptors (Lipinski definition) is 4. The monoisotopic (exact) mass is 310 g/mol. The van der Waals surface area contributed by atoms with Gasteiger partial charge in [0.15, 0.2) is 0 Å². The van der Waals surface area contributed by atoms with Gasteiger partial charge in [0.2, 0.25) is 5.95 Å². The van der Waals surface area contributed by atoms with Gasteiger partial charge in [0.25, 0.3) is 0 Å². The Hall–Kier alpha value is -2.10. The zero-order valence-corrected chi connectivity index (χ0v) is 14.8. The van der Waals surface area contributed by atoms with E-state index < -0.39 is 0 Å². The van der Waals surface area contributed by atoms with Crippen LogP contribution in [-0.4, -0.2) is 23.1 Å². The average molecular weight is 310 g/mol. The van der Waals surface area contributed by atoms with Crippen LogP contribution in [0.5, 0.6) is 0 Å². The fraction of sp³-hybridized carbons (Fsp3) is 0.474. The number of anilines is 3. The fourth-order valence-corrected chi connectivity index (χ4v) is 3.52. The van der Waals surface area contributed by atoms with Gasteiger partial charge in [0, 0.05) is 30.0 Å². The molecule has 0 saturated carbocycles. The van der Waals surface area contributed by atoms with Crippen LogP contribution in [0.1, 0.15) is 41.3 Å². The Kier molecular flexibility index (Phi) is 4.24. The second-order valence-electron chi connectivity index (χ2n) is 6.57. The lowest BCUT2D eigenvalue weighted by Gasteiger charge is -2.19. The van der Waals surface area contributed by atoms with Crippen molar-refractivity contribution < 1.29 is 0 Å². The van der Waals surface area contributed by atoms with Crippen LogP contribution in [0.25, 0.3) is 0 Å². The van der Waals surface area contributed by atoms with E-state index in [4.69, 9.17) is 9.97 Å². The molecule has 1 aromatic heterocycles. The lowest BCUT2D eigenvalue weighted by Crippen LogP contribution is -2.22. The normalized spacial score (nSPS) is 13.3. The summed E-state index contributed by atoms with van der Waals surface area (Å²) < 4.78 is 0. The van der Waals surface area contributed by atoms with Gasteiger partial charge in [-0.3, -0.25) is 0 Å². The molecule has 2 aromatic rings. The van der Waals surface area contributed by atoms with E-state index in [-0.39, 0.29) is 0 Å². The van der Waals surface area contributed by atoms with Crippen molar-refractivity contribution in [3.05, 3.63) is 40.1 Å². The van der Waals surface area contributed by atoms with Crippen molar-refractivity contribution in [2.75, 3.05) is 23.3 Å². The molecule has 0 radical (unpaired) electrons. The molecule has 1 N–H and O–H groups in total. The van der Waals surface area contributed by atoms with Gasteiger partial charge in [-0.2, -0.15) is 4.98 Å². The third kappa shape index (κ3) is 3.03. The summed E-state index contributed by atoms with van der Waals surface area (Å²) in [7, 11) is 0. The number of fused-ring (bicyclic) bond motifs is 1. The maximum absolute atomic E-state index is 4.82. The molecular formula is C19H26N4. The molecule has 3 rings (SSSR count). The Morgan fingerprint density at radius 2 is 1.78 bits per heavy atom. The lowest BCUT2D eigenvalue weighted by atomic mass is 10.1. The maximum Gasteiger partial charge on any atom is 0.229 e. The van der Waals surface area contributed by atoms with Crippen molar-refractivity contribution in [1.82, 2.24) is 9.97 Å². The molecule has 23 heavy (non-hydrogen) atoms. The highest BCUT2D eigenvalue weighted by Crippen LogP contribution is 2.31. The van der Waals surface area contributed by atoms with E-state index in [1.807, 2.05) is 0 Å². The highest BCUT2D eigenvalue weighted by molar-refractivity contribution is 5.66. The van der Waals surface area contributed by atoms with Gasteiger partial charge in [0.1, 0.15) is 5.82 Å². The van der Waals surface area contributed by atoms with Crippen molar-refractivity contribution in [3.63, 3.8) is 0 Å². The molecule has 122 valence electrons. The van der Waals surface area contributed by atoms with Gasteiger partial charge in [-0.25, -0.2) is 4.98 Å². The molecule has 0 saturated heterocycles. The second-order valence-corrected chi connectivity index (χ2v) is 6.57. The van der Waals surface area contributed by atoms with Gasteiger partial charge in [-0.1, -0.05) is 24.6 Å². The molecule has 1 aliphatic rings. The first-order chi connectivity index (χ1) is 11.0. The average Bonchev–Trinajstić information content (AvgIpc) is 2.87. The first-order valence-electron chi connectivity index (χ1n) is 8.47. The summed E-state index contributed by atoms with van der Waals surface area (Å²) in [6.45, 7) is 12.8. The summed E-state index contributed by atoms with van der Waals surface area (Å²) in [6.07, 6.45) is 2.20. The highest BCUT2D eigenvalue weighted by Gasteiger charge is 2.23. The minimum Gasteiger partial charge on any atom is -0.356 e. The molecule has 2 heterocycles. The van der Waals surface area contributed by atoms with Crippen LogP contribution < -0.4 is 10.2 Å². The van der Waals surface area contributed by atoms with E-state index in [2.05, 4.69) is 57.0 Å². The first-order valence-corrected chi connectivity index (χ1v) is 8.47. The summed E-state index contributed by atoms with van der Waals surface area (Å²) in [5, 5.41) is 3.45. The summed E-state index contributed by atoms with van der Waals surface area (Å²) in [5.41, 5.74) is 7.27. The molecule has 0 spiro atoms. The quantitative estimate of drug-likeness (QED) is 0.917. The molecule has 4 nitrogen and oxygen atoms in total. The van der Waals surface area contributed by atoms with Crippen LogP contribution in [0.15, 0.2) is 12.1 Å². The zero-order valence-electron chi connectivity index (χ0n) is 14.8. The van der Waals surface area contributed by atoms with Crippen molar-refractivity contribution in [2.45, 2.75) is 47.5 Å². The van der Waals surface area contributed by atoms with E-state index in [1.165, 1.54) is 22.3 Å². The number of aromatic nitrogens is 2. The molecule has 1 aliphatic heterocycles. The van der Waals surface area contributed by atoms with E-state index in [1.54, 1.807) is 0 Å². The minimum atomic E-state index is 0.708. The molecule has 1 aromatic carbocycles. The Morgan fingerprint density at radius 1 is 1.09 bits per heavy atom. The van der Waals surface area contributed by atoms with Gasteiger partial charge >= 0.3 is 0 Å². The second kappa shape index (κ2) is 6.19. The topological polar surface area (TPSA) is 41.1 Å². The van der Waals surface area contributed by atoms with E-state index in [9.17, 15) is 0 Å². The van der Waals surface area contributed by atoms with Gasteiger partial charge in [-0.05, 0) is 51.7 Å². The number of benzene rings is 1. The third-order valence-electron chi connectivity index (χ3n) is 4.53. The molecule has 4 heteroatoms. The zero-order chi connectivity index (χ0) is 16.6. The lowest BCUT2D eigenvalue weighted by molar-refractivity contribution is 0.788. The molecule has 0 fully saturated rings. The van der Waals surface area contributed by atoms with E-state index in [0.29, 0.717) is 5.95 Å². The Labute approximate surface area is 139 Å². The van der Waals surface area contributed by atoms with E-state index in [0.717, 1.165) is 43.1 Å². The molecule has 0 aliphatic carbocycles. The fourth-order valence-electron chi connectivity index (χ4n) is 3.52. The number of rotatable bonds is 4. The van der Waals surface area contributed by atoms with Gasteiger partial charge in [0.05, 0.1) is 0 Å². The number of nitrogens with one attached hydrogen (secondary N) is 1. The van der Waals surface area contributed by atoms with Crippen LogP contribution in [0.2, 0.25) is 0 Å². The smallest absolute Gasteiger partial charge is 0.229 e. The van der Waals surface area contributed by atoms with Crippen molar-refractivity contribution in [2.24, 2.45) is 0 Å². The highest BCUT2D eigenvalue weighted by atomic mass is 15.2. The van der Waals surface area contributed by atoms with Crippen LogP contribution >= 0.6 is 0 Å². The number of nitrogens with zero attached hydrogens (tertiary/aromatic N) is 3. The van der Waals surface area contributed by atoms with Gasteiger partial charge in [-0.15, -0.1) is 0 Å². The summed E-state index contributed by atoms with van der Waals surface area (Å²) in [4.78, 5) is 11.9. The first kappa shape index (κ1) is 15.8. The van der Waals surface area contributed by atoms with Crippen LogP contribution in [0.4, 0.5) is 17.5 Å². The van der Waals surface area contributed by atoms with E-state index >= 15 is 0 Å². The number of aryl methyl sites for hydroxylation is 4. The summed E-state index contributed by atoms with van der Waals surface area (Å²) >= 11 is 0.